The summed E-state index contributed by atoms with van der Waals surface area (Å²) in [5.74, 6) is -0.385. The molecule has 1 saturated heterocycles. The van der Waals surface area contributed by atoms with Crippen LogP contribution in [-0.2, 0) is 4.79 Å². The van der Waals surface area contributed by atoms with E-state index in [0.29, 0.717) is 22.0 Å². The van der Waals surface area contributed by atoms with Crippen molar-refractivity contribution in [3.63, 3.8) is 0 Å². The first kappa shape index (κ1) is 32.2. The van der Waals surface area contributed by atoms with E-state index in [1.807, 2.05) is 58.0 Å². The van der Waals surface area contributed by atoms with Crippen LogP contribution < -0.4 is 5.32 Å². The maximum atomic E-state index is 12.5. The van der Waals surface area contributed by atoms with E-state index in [4.69, 9.17) is 23.2 Å². The van der Waals surface area contributed by atoms with E-state index < -0.39 is 0 Å². The van der Waals surface area contributed by atoms with Crippen LogP contribution in [0.15, 0.2) is 77.4 Å². The minimum absolute atomic E-state index is 0.0229. The van der Waals surface area contributed by atoms with Gasteiger partial charge in [0.05, 0.1) is 5.92 Å². The zero-order valence-corrected chi connectivity index (χ0v) is 26.6. The molecule has 1 heterocycles. The molecule has 2 aliphatic carbocycles. The van der Waals surface area contributed by atoms with Crippen LogP contribution in [0.4, 0.5) is 0 Å². The summed E-state index contributed by atoms with van der Waals surface area (Å²) in [6.45, 7) is 13.3. The molecule has 0 aromatic heterocycles. The summed E-state index contributed by atoms with van der Waals surface area (Å²) in [4.78, 5) is 15.0. The molecule has 3 nitrogen and oxygen atoms in total. The van der Waals surface area contributed by atoms with Crippen LogP contribution >= 0.6 is 23.2 Å². The number of hydrogen-bond donors (Lipinski definition) is 1. The number of fused-ring (bicyclic) bond motifs is 1. The van der Waals surface area contributed by atoms with E-state index in [0.717, 1.165) is 16.7 Å². The van der Waals surface area contributed by atoms with Gasteiger partial charge in [-0.1, -0.05) is 84.6 Å². The van der Waals surface area contributed by atoms with E-state index in [2.05, 4.69) is 42.4 Å². The lowest BCUT2D eigenvalue weighted by Gasteiger charge is -2.40. The van der Waals surface area contributed by atoms with Crippen LogP contribution in [0.2, 0.25) is 10.0 Å². The van der Waals surface area contributed by atoms with Crippen molar-refractivity contribution in [1.82, 2.24) is 10.2 Å². The highest BCUT2D eigenvalue weighted by Crippen LogP contribution is 2.52. The van der Waals surface area contributed by atoms with Crippen molar-refractivity contribution in [2.75, 3.05) is 26.7 Å². The predicted molar refractivity (Wildman–Crippen MR) is 172 cm³/mol. The third kappa shape index (κ3) is 7.90. The first-order chi connectivity index (χ1) is 19.2. The summed E-state index contributed by atoms with van der Waals surface area (Å²) in [6, 6.07) is 13.0. The fourth-order valence-corrected chi connectivity index (χ4v) is 6.53. The van der Waals surface area contributed by atoms with E-state index in [1.54, 1.807) is 23.3 Å². The molecule has 5 heteroatoms. The van der Waals surface area contributed by atoms with Gasteiger partial charge >= 0.3 is 0 Å². The highest BCUT2D eigenvalue weighted by atomic mass is 35.5. The average molecular weight is 582 g/mol. The monoisotopic (exact) mass is 580 g/mol. The Morgan fingerprint density at radius 2 is 1.65 bits per heavy atom. The number of nitrogens with zero attached hydrogens (tertiary/aromatic N) is 1. The molecule has 2 aromatic rings. The summed E-state index contributed by atoms with van der Waals surface area (Å²) in [6.07, 6.45) is 13.8. The third-order valence-corrected chi connectivity index (χ3v) is 8.80. The number of allylic oxidation sites excluding steroid dienone is 6. The van der Waals surface area contributed by atoms with Gasteiger partial charge in [-0.3, -0.25) is 4.79 Å². The third-order valence-electron chi connectivity index (χ3n) is 8.31. The van der Waals surface area contributed by atoms with E-state index in [-0.39, 0.29) is 11.8 Å². The quantitative estimate of drug-likeness (QED) is 0.390. The summed E-state index contributed by atoms with van der Waals surface area (Å²) in [5, 5.41) is 4.22. The minimum Gasteiger partial charge on any atom is -0.356 e. The molecule has 1 atom stereocenters. The summed E-state index contributed by atoms with van der Waals surface area (Å²) in [7, 11) is 2.26. The van der Waals surface area contributed by atoms with Gasteiger partial charge in [0.15, 0.2) is 0 Å². The lowest BCUT2D eigenvalue weighted by Crippen LogP contribution is -2.37. The minimum atomic E-state index is -0.362. The molecule has 1 unspecified atom stereocenters. The Hall–Kier alpha value is -2.33. The SMILES string of the molecule is CC.CC1=CC2=C(CC=C1)C1(CC2)CCN(C)CC1.CCNC(=O)C(c1ccc(Cl)cc1)c1ccc(Cl)cc1C. The topological polar surface area (TPSA) is 32.3 Å². The van der Waals surface area contributed by atoms with Crippen LogP contribution in [0.3, 0.4) is 0 Å². The van der Waals surface area contributed by atoms with Crippen molar-refractivity contribution in [1.29, 1.82) is 0 Å². The van der Waals surface area contributed by atoms with Crippen molar-refractivity contribution in [3.8, 4) is 0 Å². The van der Waals surface area contributed by atoms with Crippen molar-refractivity contribution >= 4 is 29.1 Å². The lowest BCUT2D eigenvalue weighted by atomic mass is 9.72. The molecule has 1 amide bonds. The molecule has 5 rings (SSSR count). The Kier molecular flexibility index (Phi) is 12.1. The van der Waals surface area contributed by atoms with Crippen LogP contribution in [0.25, 0.3) is 0 Å². The first-order valence-corrected chi connectivity index (χ1v) is 15.5. The molecule has 1 fully saturated rings. The van der Waals surface area contributed by atoms with Gasteiger partial charge in [-0.2, -0.15) is 0 Å². The molecule has 40 heavy (non-hydrogen) atoms. The highest BCUT2D eigenvalue weighted by Gasteiger charge is 2.41. The van der Waals surface area contributed by atoms with Crippen LogP contribution in [-0.4, -0.2) is 37.5 Å². The van der Waals surface area contributed by atoms with Gasteiger partial charge < -0.3 is 10.2 Å². The van der Waals surface area contributed by atoms with E-state index >= 15 is 0 Å². The normalized spacial score (nSPS) is 18.4. The zero-order chi connectivity index (χ0) is 29.3. The Morgan fingerprint density at radius 1 is 1.00 bits per heavy atom. The van der Waals surface area contributed by atoms with Crippen LogP contribution in [0, 0.1) is 12.3 Å². The second kappa shape index (κ2) is 15.1. The number of likely N-dealkylation sites (N-methyl/N-ethyl adjacent to an activating group) is 1. The number of amides is 1. The van der Waals surface area contributed by atoms with E-state index in [1.165, 1.54) is 50.8 Å². The molecule has 3 aliphatic rings. The number of carbonyl (C=O) groups excluding carboxylic acids is 1. The Bertz CT molecular complexity index is 1230. The fraction of sp³-hybridized carbons (Fsp3) is 0.457. The molecule has 1 N–H and O–H groups in total. The summed E-state index contributed by atoms with van der Waals surface area (Å²) in [5.41, 5.74) is 8.29. The number of rotatable bonds is 4. The van der Waals surface area contributed by atoms with Gasteiger partial charge in [-0.05, 0) is 125 Å². The number of nitrogens with one attached hydrogen (secondary N) is 1. The second-order valence-electron chi connectivity index (χ2n) is 11.0. The predicted octanol–water partition coefficient (Wildman–Crippen LogP) is 9.29. The zero-order valence-electron chi connectivity index (χ0n) is 25.1. The number of likely N-dealkylation sites (tertiary alicyclic amines) is 1. The molecule has 0 bridgehead atoms. The number of hydrogen-bond acceptors (Lipinski definition) is 2. The van der Waals surface area contributed by atoms with Gasteiger partial charge in [0.25, 0.3) is 0 Å². The molecular weight excluding hydrogens is 535 g/mol. The van der Waals surface area contributed by atoms with Crippen molar-refractivity contribution < 1.29 is 4.79 Å². The number of piperidine rings is 1. The molecule has 1 spiro atoms. The van der Waals surface area contributed by atoms with Crippen LogP contribution in [0.1, 0.15) is 82.4 Å². The molecule has 0 radical (unpaired) electrons. The number of halogens is 2. The average Bonchev–Trinajstić information content (AvgIpc) is 3.13. The van der Waals surface area contributed by atoms with Crippen LogP contribution in [0.5, 0.6) is 0 Å². The smallest absolute Gasteiger partial charge is 0.232 e. The Labute approximate surface area is 252 Å². The molecule has 2 aromatic carbocycles. The first-order valence-electron chi connectivity index (χ1n) is 14.8. The van der Waals surface area contributed by atoms with Gasteiger partial charge in [0, 0.05) is 16.6 Å². The van der Waals surface area contributed by atoms with Crippen molar-refractivity contribution in [2.24, 2.45) is 5.41 Å². The fourth-order valence-electron chi connectivity index (χ4n) is 6.17. The molecule has 1 aliphatic heterocycles. The van der Waals surface area contributed by atoms with Crippen molar-refractivity contribution in [2.45, 2.75) is 72.6 Å². The lowest BCUT2D eigenvalue weighted by molar-refractivity contribution is -0.121. The Morgan fingerprint density at radius 3 is 2.27 bits per heavy atom. The molecule has 216 valence electrons. The molecule has 0 saturated carbocycles. The number of aryl methyl sites for hydroxylation is 1. The maximum absolute atomic E-state index is 12.5. The van der Waals surface area contributed by atoms with Gasteiger partial charge in [0.2, 0.25) is 5.91 Å². The van der Waals surface area contributed by atoms with Gasteiger partial charge in [-0.25, -0.2) is 0 Å². The largest absolute Gasteiger partial charge is 0.356 e. The maximum Gasteiger partial charge on any atom is 0.232 e. The highest BCUT2D eigenvalue weighted by molar-refractivity contribution is 6.31. The standard InChI is InChI=1S/C17H17Cl2NO.C16H23N.C2H6/c1-3-20-17(21)16(12-4-6-13(18)7-5-12)15-9-8-14(19)10-11(15)2;1-13-4-3-5-15-14(12-13)6-7-16(15)8-10-17(2)11-9-16;1-2/h4-10,16H,3H2,1-2H3,(H,20,21);3-4,12H,5-11H2,1-2H3;1-2H3. The Balaban J connectivity index is 0.000000211. The van der Waals surface area contributed by atoms with Crippen molar-refractivity contribution in [3.05, 3.63) is 104 Å². The van der Waals surface area contributed by atoms with Gasteiger partial charge in [-0.15, -0.1) is 0 Å². The summed E-state index contributed by atoms with van der Waals surface area (Å²) >= 11 is 11.9. The van der Waals surface area contributed by atoms with Gasteiger partial charge in [0.1, 0.15) is 0 Å². The van der Waals surface area contributed by atoms with E-state index in [9.17, 15) is 4.79 Å². The number of benzene rings is 2. The summed E-state index contributed by atoms with van der Waals surface area (Å²) < 4.78 is 0. The number of carbonyl (C=O) groups is 1. The second-order valence-corrected chi connectivity index (χ2v) is 11.8. The molecular formula is C35H46Cl2N2O.